The van der Waals surface area contributed by atoms with Crippen LogP contribution in [0, 0.1) is 12.8 Å². The molecule has 1 amide bonds. The molecule has 1 saturated heterocycles. The van der Waals surface area contributed by atoms with E-state index < -0.39 is 0 Å². The number of anilines is 1. The van der Waals surface area contributed by atoms with E-state index in [1.807, 2.05) is 57.4 Å². The third-order valence-electron chi connectivity index (χ3n) is 5.59. The van der Waals surface area contributed by atoms with Crippen molar-refractivity contribution >= 4 is 22.9 Å². The van der Waals surface area contributed by atoms with Gasteiger partial charge in [0.05, 0.1) is 11.0 Å². The van der Waals surface area contributed by atoms with Gasteiger partial charge in [-0.2, -0.15) is 0 Å². The summed E-state index contributed by atoms with van der Waals surface area (Å²) >= 11 is 0. The average molecular weight is 378 g/mol. The molecule has 3 aromatic rings. The first-order valence-corrected chi connectivity index (χ1v) is 9.80. The largest absolute Gasteiger partial charge is 0.351 e. The molecular weight excluding hydrogens is 352 g/mol. The van der Waals surface area contributed by atoms with Gasteiger partial charge in [-0.25, -0.2) is 15.0 Å². The van der Waals surface area contributed by atoms with Crippen molar-refractivity contribution in [1.29, 1.82) is 0 Å². The molecule has 28 heavy (non-hydrogen) atoms. The van der Waals surface area contributed by atoms with Gasteiger partial charge in [-0.1, -0.05) is 26.0 Å². The van der Waals surface area contributed by atoms with Crippen molar-refractivity contribution in [1.82, 2.24) is 25.3 Å². The molecule has 3 atom stereocenters. The second kappa shape index (κ2) is 7.58. The van der Waals surface area contributed by atoms with E-state index in [0.717, 1.165) is 47.9 Å². The van der Waals surface area contributed by atoms with Crippen LogP contribution in [0.1, 0.15) is 37.6 Å². The summed E-state index contributed by atoms with van der Waals surface area (Å²) in [5.41, 5.74) is 2.98. The molecule has 7 nitrogen and oxygen atoms in total. The molecule has 4 rings (SSSR count). The molecule has 0 saturated carbocycles. The molecule has 0 unspecified atom stereocenters. The Morgan fingerprint density at radius 3 is 2.75 bits per heavy atom. The van der Waals surface area contributed by atoms with E-state index in [2.05, 4.69) is 30.2 Å². The zero-order valence-corrected chi connectivity index (χ0v) is 16.5. The first-order chi connectivity index (χ1) is 13.5. The number of nitrogens with zero attached hydrogens (tertiary/aromatic N) is 4. The van der Waals surface area contributed by atoms with E-state index in [4.69, 9.17) is 0 Å². The second-order valence-corrected chi connectivity index (χ2v) is 7.72. The lowest BCUT2D eigenvalue weighted by Gasteiger charge is -2.21. The number of aryl methyl sites for hydroxylation is 1. The molecule has 2 aromatic heterocycles. The number of para-hydroxylation sites is 2. The summed E-state index contributed by atoms with van der Waals surface area (Å²) in [5, 5.41) is 3.20. The Morgan fingerprint density at radius 2 is 2.00 bits per heavy atom. The van der Waals surface area contributed by atoms with Gasteiger partial charge in [0.15, 0.2) is 0 Å². The van der Waals surface area contributed by atoms with Gasteiger partial charge in [0.1, 0.15) is 5.82 Å². The quantitative estimate of drug-likeness (QED) is 0.713. The Bertz CT molecular complexity index is 933. The Kier molecular flexibility index (Phi) is 4.98. The predicted octanol–water partition coefficient (Wildman–Crippen LogP) is 2.80. The maximum Gasteiger partial charge on any atom is 0.225 e. The van der Waals surface area contributed by atoms with E-state index in [1.54, 1.807) is 0 Å². The zero-order valence-electron chi connectivity index (χ0n) is 16.5. The normalized spacial score (nSPS) is 19.0. The molecule has 1 aliphatic heterocycles. The molecule has 146 valence electrons. The number of aromatic nitrogens is 4. The number of rotatable bonds is 5. The van der Waals surface area contributed by atoms with Crippen molar-refractivity contribution in [2.75, 3.05) is 18.0 Å². The first kappa shape index (κ1) is 18.4. The molecule has 2 N–H and O–H groups in total. The van der Waals surface area contributed by atoms with E-state index >= 15 is 0 Å². The minimum absolute atomic E-state index is 0.00494. The van der Waals surface area contributed by atoms with Crippen LogP contribution in [0.25, 0.3) is 11.0 Å². The van der Waals surface area contributed by atoms with Crippen molar-refractivity contribution < 1.29 is 4.79 Å². The molecule has 1 aromatic carbocycles. The number of aromatic amines is 1. The van der Waals surface area contributed by atoms with Gasteiger partial charge in [0, 0.05) is 43.4 Å². The zero-order chi connectivity index (χ0) is 19.7. The van der Waals surface area contributed by atoms with Crippen molar-refractivity contribution in [2.24, 2.45) is 5.92 Å². The maximum atomic E-state index is 12.8. The summed E-state index contributed by atoms with van der Waals surface area (Å²) in [4.78, 5) is 31.7. The summed E-state index contributed by atoms with van der Waals surface area (Å²) in [7, 11) is 0. The van der Waals surface area contributed by atoms with Gasteiger partial charge < -0.3 is 15.2 Å². The highest BCUT2D eigenvalue weighted by atomic mass is 16.2. The number of fused-ring (bicyclic) bond motifs is 1. The summed E-state index contributed by atoms with van der Waals surface area (Å²) in [6, 6.07) is 8.05. The smallest absolute Gasteiger partial charge is 0.225 e. The molecule has 0 radical (unpaired) electrons. The summed E-state index contributed by atoms with van der Waals surface area (Å²) < 4.78 is 0. The Labute approximate surface area is 164 Å². The van der Waals surface area contributed by atoms with Crippen molar-refractivity contribution in [3.05, 3.63) is 48.0 Å². The van der Waals surface area contributed by atoms with Crippen LogP contribution in [0.3, 0.4) is 0 Å². The van der Waals surface area contributed by atoms with Gasteiger partial charge in [0.25, 0.3) is 0 Å². The number of nitrogens with one attached hydrogen (secondary N) is 2. The van der Waals surface area contributed by atoms with Crippen molar-refractivity contribution in [3.63, 3.8) is 0 Å². The van der Waals surface area contributed by atoms with Crippen LogP contribution >= 0.6 is 0 Å². The fraction of sp³-hybridized carbons (Fsp3) is 0.429. The van der Waals surface area contributed by atoms with Crippen LogP contribution in [-0.2, 0) is 4.79 Å². The predicted molar refractivity (Wildman–Crippen MR) is 109 cm³/mol. The molecular formula is C21H26N6O. The Balaban J connectivity index is 1.37. The number of hydrogen-bond donors (Lipinski definition) is 2. The van der Waals surface area contributed by atoms with Crippen LogP contribution in [-0.4, -0.2) is 45.0 Å². The number of amides is 1. The third kappa shape index (κ3) is 3.69. The third-order valence-corrected chi connectivity index (χ3v) is 5.59. The number of benzene rings is 1. The van der Waals surface area contributed by atoms with Gasteiger partial charge in [-0.15, -0.1) is 0 Å². The highest BCUT2D eigenvalue weighted by molar-refractivity contribution is 5.80. The van der Waals surface area contributed by atoms with Gasteiger partial charge in [0.2, 0.25) is 11.9 Å². The maximum absolute atomic E-state index is 12.8. The van der Waals surface area contributed by atoms with E-state index in [1.165, 1.54) is 0 Å². The van der Waals surface area contributed by atoms with Crippen molar-refractivity contribution in [3.8, 4) is 0 Å². The lowest BCUT2D eigenvalue weighted by molar-refractivity contribution is -0.125. The van der Waals surface area contributed by atoms with Gasteiger partial charge in [-0.05, 0) is 31.0 Å². The van der Waals surface area contributed by atoms with E-state index in [9.17, 15) is 4.79 Å². The minimum atomic E-state index is -0.176. The van der Waals surface area contributed by atoms with Crippen LogP contribution < -0.4 is 10.2 Å². The molecule has 1 fully saturated rings. The molecule has 0 spiro atoms. The Hall–Kier alpha value is -2.96. The van der Waals surface area contributed by atoms with E-state index in [0.29, 0.717) is 0 Å². The lowest BCUT2D eigenvalue weighted by Crippen LogP contribution is -2.41. The number of imidazole rings is 1. The Morgan fingerprint density at radius 1 is 1.25 bits per heavy atom. The first-order valence-electron chi connectivity index (χ1n) is 9.80. The summed E-state index contributed by atoms with van der Waals surface area (Å²) in [6.45, 7) is 7.56. The second-order valence-electron chi connectivity index (χ2n) is 7.72. The highest BCUT2D eigenvalue weighted by Crippen LogP contribution is 2.25. The fourth-order valence-electron chi connectivity index (χ4n) is 3.59. The monoisotopic (exact) mass is 378 g/mol. The van der Waals surface area contributed by atoms with Gasteiger partial charge in [-0.3, -0.25) is 4.79 Å². The standard InChI is InChI=1S/C21H26N6O/c1-13-10-22-21(23-11-13)27-9-8-16(12-27)24-20(28)15(3)14(2)19-25-17-6-4-5-7-18(17)26-19/h4-7,10-11,14-16H,8-9,12H2,1-3H3,(H,24,28)(H,25,26)/t14-,15-,16-/m0/s1. The SMILES string of the molecule is Cc1cnc(N2CC[C@H](NC(=O)[C@@H](C)[C@H](C)c3nc4ccccc4[nH]3)C2)nc1. The number of carbonyl (C=O) groups excluding carboxylic acids is 1. The fourth-order valence-corrected chi connectivity index (χ4v) is 3.59. The number of hydrogen-bond acceptors (Lipinski definition) is 5. The van der Waals surface area contributed by atoms with Crippen LogP contribution in [0.4, 0.5) is 5.95 Å². The van der Waals surface area contributed by atoms with Gasteiger partial charge >= 0.3 is 0 Å². The lowest BCUT2D eigenvalue weighted by atomic mass is 9.94. The molecule has 3 heterocycles. The average Bonchev–Trinajstić information content (AvgIpc) is 3.34. The molecule has 7 heteroatoms. The summed E-state index contributed by atoms with van der Waals surface area (Å²) in [6.07, 6.45) is 4.55. The number of carbonyl (C=O) groups is 1. The van der Waals surface area contributed by atoms with Crippen LogP contribution in [0.2, 0.25) is 0 Å². The van der Waals surface area contributed by atoms with Crippen LogP contribution in [0.5, 0.6) is 0 Å². The van der Waals surface area contributed by atoms with Crippen LogP contribution in [0.15, 0.2) is 36.7 Å². The molecule has 0 bridgehead atoms. The molecule has 1 aliphatic rings. The van der Waals surface area contributed by atoms with Crippen molar-refractivity contribution in [2.45, 2.75) is 39.2 Å². The highest BCUT2D eigenvalue weighted by Gasteiger charge is 2.29. The van der Waals surface area contributed by atoms with E-state index in [-0.39, 0.29) is 23.8 Å². The molecule has 0 aliphatic carbocycles. The minimum Gasteiger partial charge on any atom is -0.351 e. The summed E-state index contributed by atoms with van der Waals surface area (Å²) in [5.74, 6) is 1.47. The topological polar surface area (TPSA) is 86.8 Å². The number of H-pyrrole nitrogens is 1.